The van der Waals surface area contributed by atoms with Crippen molar-refractivity contribution in [1.82, 2.24) is 15.0 Å². The molecular weight excluding hydrogens is 274 g/mol. The summed E-state index contributed by atoms with van der Waals surface area (Å²) in [5.41, 5.74) is 0.459. The van der Waals surface area contributed by atoms with Crippen LogP contribution >= 0.6 is 15.9 Å². The summed E-state index contributed by atoms with van der Waals surface area (Å²) >= 11 is 3.29. The van der Waals surface area contributed by atoms with Crippen LogP contribution in [0.3, 0.4) is 0 Å². The predicted molar refractivity (Wildman–Crippen MR) is 60.0 cm³/mol. The van der Waals surface area contributed by atoms with Crippen molar-refractivity contribution in [2.45, 2.75) is 6.61 Å². The molecule has 0 amide bonds. The van der Waals surface area contributed by atoms with Crippen molar-refractivity contribution >= 4 is 15.9 Å². The summed E-state index contributed by atoms with van der Waals surface area (Å²) in [6.07, 6.45) is 6.17. The molecule has 0 saturated heterocycles. The number of aliphatic hydroxyl groups excluding tert-OH is 1. The summed E-state index contributed by atoms with van der Waals surface area (Å²) < 4.78 is 6.24. The number of rotatable bonds is 3. The van der Waals surface area contributed by atoms with Crippen LogP contribution in [0.1, 0.15) is 5.69 Å². The standard InChI is InChI=1S/C10H8BrN3O2/c11-7-1-9(4-12-2-7)16-10-5-13-3-8(6-15)14-10/h1-5,15H,6H2. The first-order chi connectivity index (χ1) is 7.78. The van der Waals surface area contributed by atoms with Crippen LogP contribution in [0.4, 0.5) is 0 Å². The summed E-state index contributed by atoms with van der Waals surface area (Å²) in [5, 5.41) is 8.89. The summed E-state index contributed by atoms with van der Waals surface area (Å²) in [6, 6.07) is 1.76. The van der Waals surface area contributed by atoms with E-state index in [9.17, 15) is 0 Å². The maximum atomic E-state index is 8.89. The summed E-state index contributed by atoms with van der Waals surface area (Å²) in [4.78, 5) is 11.9. The average molecular weight is 282 g/mol. The van der Waals surface area contributed by atoms with Crippen LogP contribution in [-0.2, 0) is 6.61 Å². The molecule has 5 nitrogen and oxygen atoms in total. The van der Waals surface area contributed by atoms with E-state index >= 15 is 0 Å². The lowest BCUT2D eigenvalue weighted by molar-refractivity contribution is 0.274. The van der Waals surface area contributed by atoms with Crippen LogP contribution in [0, 0.1) is 0 Å². The van der Waals surface area contributed by atoms with Gasteiger partial charge in [0, 0.05) is 10.7 Å². The number of ether oxygens (including phenoxy) is 1. The highest BCUT2D eigenvalue weighted by Gasteiger charge is 2.01. The van der Waals surface area contributed by atoms with Gasteiger partial charge in [-0.25, -0.2) is 4.98 Å². The molecule has 1 N–H and O–H groups in total. The maximum absolute atomic E-state index is 8.89. The largest absolute Gasteiger partial charge is 0.436 e. The fraction of sp³-hybridized carbons (Fsp3) is 0.100. The zero-order valence-corrected chi connectivity index (χ0v) is 9.75. The highest BCUT2D eigenvalue weighted by atomic mass is 79.9. The van der Waals surface area contributed by atoms with Gasteiger partial charge in [0.1, 0.15) is 5.75 Å². The summed E-state index contributed by atoms with van der Waals surface area (Å²) in [7, 11) is 0. The van der Waals surface area contributed by atoms with E-state index in [2.05, 4.69) is 30.9 Å². The van der Waals surface area contributed by atoms with E-state index < -0.39 is 0 Å². The van der Waals surface area contributed by atoms with E-state index in [-0.39, 0.29) is 6.61 Å². The van der Waals surface area contributed by atoms with Gasteiger partial charge in [-0.1, -0.05) is 0 Å². The Labute approximate surface area is 100 Å². The third-order valence-electron chi connectivity index (χ3n) is 1.73. The minimum absolute atomic E-state index is 0.166. The molecule has 0 atom stereocenters. The molecule has 2 heterocycles. The van der Waals surface area contributed by atoms with Crippen LogP contribution < -0.4 is 4.74 Å². The van der Waals surface area contributed by atoms with Gasteiger partial charge in [-0.15, -0.1) is 0 Å². The molecule has 0 bridgehead atoms. The topological polar surface area (TPSA) is 68.1 Å². The Morgan fingerprint density at radius 1 is 1.19 bits per heavy atom. The first kappa shape index (κ1) is 11.0. The highest BCUT2D eigenvalue weighted by Crippen LogP contribution is 2.21. The van der Waals surface area contributed by atoms with Crippen LogP contribution in [-0.4, -0.2) is 20.1 Å². The Balaban J connectivity index is 2.20. The van der Waals surface area contributed by atoms with Gasteiger partial charge in [0.15, 0.2) is 0 Å². The molecule has 0 spiro atoms. The van der Waals surface area contributed by atoms with Crippen molar-refractivity contribution in [2.24, 2.45) is 0 Å². The number of aromatic nitrogens is 3. The van der Waals surface area contributed by atoms with Gasteiger partial charge >= 0.3 is 0 Å². The van der Waals surface area contributed by atoms with Crippen LogP contribution in [0.25, 0.3) is 0 Å². The monoisotopic (exact) mass is 281 g/mol. The SMILES string of the molecule is OCc1cncc(Oc2cncc(Br)c2)n1. The van der Waals surface area contributed by atoms with Gasteiger partial charge in [0.05, 0.1) is 30.9 Å². The molecule has 2 aromatic heterocycles. The first-order valence-electron chi connectivity index (χ1n) is 4.48. The minimum Gasteiger partial charge on any atom is -0.436 e. The lowest BCUT2D eigenvalue weighted by Gasteiger charge is -2.04. The molecule has 0 aliphatic heterocycles. The molecule has 6 heteroatoms. The second-order valence-electron chi connectivity index (χ2n) is 2.95. The van der Waals surface area contributed by atoms with Gasteiger partial charge in [-0.05, 0) is 22.0 Å². The van der Waals surface area contributed by atoms with E-state index in [1.807, 2.05) is 0 Å². The molecule has 0 aromatic carbocycles. The Morgan fingerprint density at radius 3 is 2.75 bits per heavy atom. The molecular formula is C10H8BrN3O2. The van der Waals surface area contributed by atoms with E-state index in [0.29, 0.717) is 17.3 Å². The quantitative estimate of drug-likeness (QED) is 0.931. The molecule has 0 radical (unpaired) electrons. The highest BCUT2D eigenvalue weighted by molar-refractivity contribution is 9.10. The molecule has 0 saturated carbocycles. The molecule has 2 aromatic rings. The third kappa shape index (κ3) is 2.74. The molecule has 0 unspecified atom stereocenters. The second kappa shape index (κ2) is 5.00. The van der Waals surface area contributed by atoms with Gasteiger partial charge in [0.25, 0.3) is 0 Å². The van der Waals surface area contributed by atoms with E-state index in [4.69, 9.17) is 9.84 Å². The van der Waals surface area contributed by atoms with Gasteiger partial charge in [-0.3, -0.25) is 9.97 Å². The van der Waals surface area contributed by atoms with Crippen molar-refractivity contribution in [2.75, 3.05) is 0 Å². The van der Waals surface area contributed by atoms with Crippen LogP contribution in [0.5, 0.6) is 11.6 Å². The van der Waals surface area contributed by atoms with Crippen LogP contribution in [0.2, 0.25) is 0 Å². The molecule has 0 aliphatic rings. The number of hydrogen-bond acceptors (Lipinski definition) is 5. The van der Waals surface area contributed by atoms with E-state index in [1.54, 1.807) is 18.5 Å². The fourth-order valence-corrected chi connectivity index (χ4v) is 1.42. The number of halogens is 1. The second-order valence-corrected chi connectivity index (χ2v) is 3.86. The summed E-state index contributed by atoms with van der Waals surface area (Å²) in [6.45, 7) is -0.166. The number of hydrogen-bond donors (Lipinski definition) is 1. The average Bonchev–Trinajstić information content (AvgIpc) is 2.29. The van der Waals surface area contributed by atoms with Crippen molar-refractivity contribution in [3.63, 3.8) is 0 Å². The van der Waals surface area contributed by atoms with Crippen molar-refractivity contribution < 1.29 is 9.84 Å². The smallest absolute Gasteiger partial charge is 0.238 e. The van der Waals surface area contributed by atoms with Gasteiger partial charge in [0.2, 0.25) is 5.88 Å². The molecule has 82 valence electrons. The van der Waals surface area contributed by atoms with E-state index in [1.165, 1.54) is 12.4 Å². The molecule has 0 aliphatic carbocycles. The van der Waals surface area contributed by atoms with Crippen molar-refractivity contribution in [1.29, 1.82) is 0 Å². The number of nitrogens with zero attached hydrogens (tertiary/aromatic N) is 3. The Bertz CT molecular complexity index is 493. The van der Waals surface area contributed by atoms with Gasteiger partial charge < -0.3 is 9.84 Å². The third-order valence-corrected chi connectivity index (χ3v) is 2.16. The molecule has 0 fully saturated rings. The number of aliphatic hydroxyl groups is 1. The number of pyridine rings is 1. The lowest BCUT2D eigenvalue weighted by atomic mass is 10.4. The Hall–Kier alpha value is -1.53. The predicted octanol–water partition coefficient (Wildman–Crippen LogP) is 1.92. The Morgan fingerprint density at radius 2 is 2.00 bits per heavy atom. The zero-order valence-electron chi connectivity index (χ0n) is 8.17. The van der Waals surface area contributed by atoms with Crippen LogP contribution in [0.15, 0.2) is 35.3 Å². The maximum Gasteiger partial charge on any atom is 0.238 e. The van der Waals surface area contributed by atoms with Crippen molar-refractivity contribution in [3.05, 3.63) is 41.0 Å². The lowest BCUT2D eigenvalue weighted by Crippen LogP contribution is -1.95. The van der Waals surface area contributed by atoms with Gasteiger partial charge in [-0.2, -0.15) is 0 Å². The van der Waals surface area contributed by atoms with Crippen molar-refractivity contribution in [3.8, 4) is 11.6 Å². The zero-order chi connectivity index (χ0) is 11.4. The molecule has 16 heavy (non-hydrogen) atoms. The minimum atomic E-state index is -0.166. The Kier molecular flexibility index (Phi) is 3.43. The summed E-state index contributed by atoms with van der Waals surface area (Å²) in [5.74, 6) is 0.880. The fourth-order valence-electron chi connectivity index (χ4n) is 1.08. The normalized spacial score (nSPS) is 10.1. The van der Waals surface area contributed by atoms with E-state index in [0.717, 1.165) is 4.47 Å². The first-order valence-corrected chi connectivity index (χ1v) is 5.27. The molecule has 2 rings (SSSR count).